The van der Waals surface area contributed by atoms with Crippen molar-refractivity contribution >= 4 is 27.3 Å². The van der Waals surface area contributed by atoms with E-state index in [0.717, 1.165) is 9.48 Å². The molecule has 68 valence electrons. The number of halogens is 1. The van der Waals surface area contributed by atoms with Gasteiger partial charge in [-0.3, -0.25) is 0 Å². The van der Waals surface area contributed by atoms with Crippen LogP contribution >= 0.6 is 27.3 Å². The Labute approximate surface area is 83.2 Å². The number of hydrogen-bond acceptors (Lipinski definition) is 4. The molecular weight excluding hydrogens is 242 g/mol. The summed E-state index contributed by atoms with van der Waals surface area (Å²) < 4.78 is 0.895. The van der Waals surface area contributed by atoms with Crippen LogP contribution in [0.4, 0.5) is 0 Å². The highest BCUT2D eigenvalue weighted by Crippen LogP contribution is 2.30. The first-order chi connectivity index (χ1) is 5.47. The lowest BCUT2D eigenvalue weighted by molar-refractivity contribution is -0.00251. The fraction of sp³-hybridized carbons (Fsp3) is 0.571. The highest BCUT2D eigenvalue weighted by Gasteiger charge is 2.26. The van der Waals surface area contributed by atoms with Crippen molar-refractivity contribution in [3.05, 3.63) is 14.5 Å². The average molecular weight is 252 g/mol. The van der Waals surface area contributed by atoms with Gasteiger partial charge in [0.25, 0.3) is 0 Å². The summed E-state index contributed by atoms with van der Waals surface area (Å²) >= 11 is 4.64. The lowest BCUT2D eigenvalue weighted by Gasteiger charge is -2.16. The number of aliphatic hydroxyl groups is 2. The van der Waals surface area contributed by atoms with Gasteiger partial charge < -0.3 is 10.2 Å². The van der Waals surface area contributed by atoms with Gasteiger partial charge in [0.1, 0.15) is 10.6 Å². The Morgan fingerprint density at radius 2 is 2.25 bits per heavy atom. The first kappa shape index (κ1) is 10.1. The Balaban J connectivity index is 3.04. The van der Waals surface area contributed by atoms with E-state index in [4.69, 9.17) is 5.11 Å². The van der Waals surface area contributed by atoms with Crippen LogP contribution in [0.25, 0.3) is 0 Å². The minimum absolute atomic E-state index is 0.313. The van der Waals surface area contributed by atoms with E-state index in [-0.39, 0.29) is 6.61 Å². The normalized spacial score (nSPS) is 16.1. The quantitative estimate of drug-likeness (QED) is 0.836. The van der Waals surface area contributed by atoms with Crippen molar-refractivity contribution in [1.82, 2.24) is 4.98 Å². The van der Waals surface area contributed by atoms with Crippen LogP contribution < -0.4 is 0 Å². The number of aromatic nitrogens is 1. The fourth-order valence-corrected chi connectivity index (χ4v) is 2.05. The van der Waals surface area contributed by atoms with Crippen LogP contribution in [-0.4, -0.2) is 21.8 Å². The first-order valence-electron chi connectivity index (χ1n) is 3.44. The molecule has 3 nitrogen and oxygen atoms in total. The molecule has 0 aromatic carbocycles. The third-order valence-electron chi connectivity index (χ3n) is 1.51. The molecule has 0 amide bonds. The predicted molar refractivity (Wildman–Crippen MR) is 51.2 cm³/mol. The largest absolute Gasteiger partial charge is 0.393 e. The Kier molecular flexibility index (Phi) is 2.88. The third-order valence-corrected chi connectivity index (χ3v) is 3.77. The second-order valence-electron chi connectivity index (χ2n) is 2.81. The van der Waals surface area contributed by atoms with Gasteiger partial charge in [0.05, 0.1) is 16.1 Å². The van der Waals surface area contributed by atoms with Crippen molar-refractivity contribution in [3.63, 3.8) is 0 Å². The zero-order valence-electron chi connectivity index (χ0n) is 6.83. The minimum Gasteiger partial charge on any atom is -0.393 e. The van der Waals surface area contributed by atoms with Crippen molar-refractivity contribution < 1.29 is 10.2 Å². The van der Waals surface area contributed by atoms with E-state index < -0.39 is 5.60 Å². The number of hydrogen-bond donors (Lipinski definition) is 2. The van der Waals surface area contributed by atoms with Gasteiger partial charge in [-0.2, -0.15) is 0 Å². The molecule has 0 saturated carbocycles. The predicted octanol–water partition coefficient (Wildman–Crippen LogP) is 1.41. The van der Waals surface area contributed by atoms with Gasteiger partial charge in [0.2, 0.25) is 0 Å². The first-order valence-corrected chi connectivity index (χ1v) is 5.05. The highest BCUT2D eigenvalue weighted by atomic mass is 79.9. The molecule has 1 aromatic rings. The summed E-state index contributed by atoms with van der Waals surface area (Å²) in [6.45, 7) is 3.07. The SMILES string of the molecule is Cc1nc([C@](C)(O)CO)sc1Br. The van der Waals surface area contributed by atoms with Crippen molar-refractivity contribution in [1.29, 1.82) is 0 Å². The maximum absolute atomic E-state index is 9.61. The maximum Gasteiger partial charge on any atom is 0.136 e. The van der Waals surface area contributed by atoms with Gasteiger partial charge in [0, 0.05) is 0 Å². The summed E-state index contributed by atoms with van der Waals surface area (Å²) in [6, 6.07) is 0. The summed E-state index contributed by atoms with van der Waals surface area (Å²) in [5.41, 5.74) is -0.384. The van der Waals surface area contributed by atoms with Crippen LogP contribution in [0.5, 0.6) is 0 Å². The lowest BCUT2D eigenvalue weighted by Crippen LogP contribution is -2.25. The molecular formula is C7H10BrNO2S. The third kappa shape index (κ3) is 1.85. The summed E-state index contributed by atoms with van der Waals surface area (Å²) in [4.78, 5) is 4.11. The monoisotopic (exact) mass is 251 g/mol. The fourth-order valence-electron chi connectivity index (χ4n) is 0.676. The maximum atomic E-state index is 9.61. The number of aryl methyl sites for hydroxylation is 1. The minimum atomic E-state index is -1.22. The van der Waals surface area contributed by atoms with E-state index in [2.05, 4.69) is 20.9 Å². The zero-order valence-corrected chi connectivity index (χ0v) is 9.24. The Morgan fingerprint density at radius 1 is 1.67 bits per heavy atom. The number of nitrogens with zero attached hydrogens (tertiary/aromatic N) is 1. The molecule has 0 saturated heterocycles. The molecule has 1 rings (SSSR count). The second-order valence-corrected chi connectivity index (χ2v) is 5.13. The van der Waals surface area contributed by atoms with Crippen LogP contribution in [0, 0.1) is 6.92 Å². The molecule has 2 N–H and O–H groups in total. The van der Waals surface area contributed by atoms with E-state index in [1.165, 1.54) is 18.3 Å². The van der Waals surface area contributed by atoms with E-state index in [1.807, 2.05) is 6.92 Å². The Bertz CT molecular complexity index is 265. The standard InChI is InChI=1S/C7H10BrNO2S/c1-4-5(8)12-6(9-4)7(2,11)3-10/h10-11H,3H2,1-2H3/t7-/m1/s1. The van der Waals surface area contributed by atoms with Gasteiger partial charge in [-0.1, -0.05) is 0 Å². The van der Waals surface area contributed by atoms with Crippen molar-refractivity contribution in [2.45, 2.75) is 19.4 Å². The topological polar surface area (TPSA) is 53.4 Å². The number of rotatable bonds is 2. The summed E-state index contributed by atoms with van der Waals surface area (Å²) in [5, 5.41) is 19.0. The molecule has 0 fully saturated rings. The van der Waals surface area contributed by atoms with E-state index in [9.17, 15) is 5.11 Å². The van der Waals surface area contributed by atoms with E-state index in [0.29, 0.717) is 5.01 Å². The summed E-state index contributed by atoms with van der Waals surface area (Å²) in [5.74, 6) is 0. The molecule has 12 heavy (non-hydrogen) atoms. The number of thiazole rings is 1. The van der Waals surface area contributed by atoms with E-state index >= 15 is 0 Å². The van der Waals surface area contributed by atoms with Gasteiger partial charge in [-0.05, 0) is 29.8 Å². The molecule has 0 aliphatic heterocycles. The van der Waals surface area contributed by atoms with E-state index in [1.54, 1.807) is 0 Å². The molecule has 0 spiro atoms. The van der Waals surface area contributed by atoms with Crippen LogP contribution in [0.1, 0.15) is 17.6 Å². The van der Waals surface area contributed by atoms with Crippen LogP contribution in [-0.2, 0) is 5.60 Å². The van der Waals surface area contributed by atoms with Gasteiger partial charge in [-0.15, -0.1) is 11.3 Å². The smallest absolute Gasteiger partial charge is 0.136 e. The van der Waals surface area contributed by atoms with Crippen LogP contribution in [0.2, 0.25) is 0 Å². The van der Waals surface area contributed by atoms with Crippen molar-refractivity contribution in [2.75, 3.05) is 6.61 Å². The van der Waals surface area contributed by atoms with Gasteiger partial charge in [0.15, 0.2) is 0 Å². The highest BCUT2D eigenvalue weighted by molar-refractivity contribution is 9.11. The molecule has 0 radical (unpaired) electrons. The molecule has 1 heterocycles. The Hall–Kier alpha value is 0.0300. The van der Waals surface area contributed by atoms with Crippen molar-refractivity contribution in [2.24, 2.45) is 0 Å². The molecule has 0 unspecified atom stereocenters. The molecule has 0 bridgehead atoms. The Morgan fingerprint density at radius 3 is 2.58 bits per heavy atom. The van der Waals surface area contributed by atoms with Crippen molar-refractivity contribution in [3.8, 4) is 0 Å². The molecule has 0 aliphatic carbocycles. The van der Waals surface area contributed by atoms with Gasteiger partial charge in [-0.25, -0.2) is 4.98 Å². The second kappa shape index (κ2) is 3.41. The lowest BCUT2D eigenvalue weighted by atomic mass is 10.1. The molecule has 5 heteroatoms. The molecule has 0 aliphatic rings. The molecule has 1 atom stereocenters. The molecule has 1 aromatic heterocycles. The van der Waals surface area contributed by atoms with Gasteiger partial charge >= 0.3 is 0 Å². The van der Waals surface area contributed by atoms with Crippen LogP contribution in [0.3, 0.4) is 0 Å². The average Bonchev–Trinajstić information content (AvgIpc) is 2.33. The summed E-state index contributed by atoms with van der Waals surface area (Å²) in [6.07, 6.45) is 0. The summed E-state index contributed by atoms with van der Waals surface area (Å²) in [7, 11) is 0. The zero-order chi connectivity index (χ0) is 9.35. The number of aliphatic hydroxyl groups excluding tert-OH is 1. The van der Waals surface area contributed by atoms with Crippen LogP contribution in [0.15, 0.2) is 3.79 Å².